The smallest absolute Gasteiger partial charge is 0.263 e. The lowest BCUT2D eigenvalue weighted by atomic mass is 10.2. The molecule has 0 saturated carbocycles. The summed E-state index contributed by atoms with van der Waals surface area (Å²) in [5, 5.41) is 7.62. The largest absolute Gasteiger partial charge is 0.309 e. The van der Waals surface area contributed by atoms with E-state index in [1.54, 1.807) is 22.8 Å². The Morgan fingerprint density at radius 2 is 2.13 bits per heavy atom. The van der Waals surface area contributed by atoms with Gasteiger partial charge in [0.15, 0.2) is 5.65 Å². The van der Waals surface area contributed by atoms with Gasteiger partial charge in [-0.2, -0.15) is 9.61 Å². The van der Waals surface area contributed by atoms with Crippen LogP contribution in [0.15, 0.2) is 53.6 Å². The standard InChI is InChI=1S/C21H17FN6O2/c22-14-7-8-17(24-11-14)25-18(29)12-27-19-10-16(13-4-1-2-5-13)26-28(19)20-15(21(27)30)6-3-9-23-20/h3-4,6-11H,1-2,5,12H2,(H,24,25,29). The number of carbonyl (C=O) groups excluding carboxylic acids is 1. The molecule has 4 heterocycles. The highest BCUT2D eigenvalue weighted by Crippen LogP contribution is 2.27. The highest BCUT2D eigenvalue weighted by molar-refractivity contribution is 5.90. The van der Waals surface area contributed by atoms with E-state index in [4.69, 9.17) is 0 Å². The van der Waals surface area contributed by atoms with Crippen LogP contribution >= 0.6 is 0 Å². The molecule has 0 spiro atoms. The van der Waals surface area contributed by atoms with E-state index in [0.717, 1.165) is 36.7 Å². The summed E-state index contributed by atoms with van der Waals surface area (Å²) in [6, 6.07) is 7.71. The monoisotopic (exact) mass is 404 g/mol. The van der Waals surface area contributed by atoms with Crippen LogP contribution in [-0.2, 0) is 11.3 Å². The lowest BCUT2D eigenvalue weighted by molar-refractivity contribution is -0.116. The third kappa shape index (κ3) is 3.14. The van der Waals surface area contributed by atoms with Gasteiger partial charge in [0.2, 0.25) is 5.91 Å². The van der Waals surface area contributed by atoms with Gasteiger partial charge in [-0.1, -0.05) is 6.08 Å². The van der Waals surface area contributed by atoms with Gasteiger partial charge in [-0.05, 0) is 49.1 Å². The molecule has 4 aromatic heterocycles. The zero-order valence-electron chi connectivity index (χ0n) is 15.9. The Balaban J connectivity index is 1.60. The Morgan fingerprint density at radius 3 is 2.90 bits per heavy atom. The van der Waals surface area contributed by atoms with Crippen molar-refractivity contribution >= 4 is 34.0 Å². The Hall–Kier alpha value is -3.88. The minimum absolute atomic E-state index is 0.207. The number of allylic oxidation sites excluding steroid dienone is 2. The van der Waals surface area contributed by atoms with Crippen molar-refractivity contribution in [2.24, 2.45) is 0 Å². The van der Waals surface area contributed by atoms with Crippen LogP contribution in [0.4, 0.5) is 10.2 Å². The first-order valence-corrected chi connectivity index (χ1v) is 9.58. The number of halogens is 1. The van der Waals surface area contributed by atoms with Crippen LogP contribution in [0.5, 0.6) is 0 Å². The van der Waals surface area contributed by atoms with Crippen molar-refractivity contribution in [2.45, 2.75) is 25.8 Å². The number of nitrogens with one attached hydrogen (secondary N) is 1. The minimum atomic E-state index is -0.499. The Labute approximate surface area is 169 Å². The zero-order valence-corrected chi connectivity index (χ0v) is 15.9. The first kappa shape index (κ1) is 18.2. The quantitative estimate of drug-likeness (QED) is 0.564. The van der Waals surface area contributed by atoms with E-state index in [1.807, 2.05) is 6.07 Å². The average molecular weight is 404 g/mol. The third-order valence-electron chi connectivity index (χ3n) is 5.10. The molecule has 0 aromatic carbocycles. The van der Waals surface area contributed by atoms with Crippen LogP contribution in [0.1, 0.15) is 25.0 Å². The fraction of sp³-hybridized carbons (Fsp3) is 0.190. The number of fused-ring (bicyclic) bond motifs is 3. The van der Waals surface area contributed by atoms with Crippen molar-refractivity contribution in [3.63, 3.8) is 0 Å². The molecule has 1 N–H and O–H groups in total. The lowest BCUT2D eigenvalue weighted by Gasteiger charge is -2.10. The van der Waals surface area contributed by atoms with Crippen molar-refractivity contribution in [2.75, 3.05) is 5.32 Å². The van der Waals surface area contributed by atoms with Gasteiger partial charge in [-0.15, -0.1) is 0 Å². The predicted molar refractivity (Wildman–Crippen MR) is 109 cm³/mol. The molecule has 0 aliphatic heterocycles. The summed E-state index contributed by atoms with van der Waals surface area (Å²) in [6.07, 6.45) is 7.77. The normalized spacial score (nSPS) is 13.7. The molecule has 1 aliphatic carbocycles. The van der Waals surface area contributed by atoms with Crippen molar-refractivity contribution in [3.8, 4) is 0 Å². The molecular weight excluding hydrogens is 387 g/mol. The van der Waals surface area contributed by atoms with Gasteiger partial charge in [0, 0.05) is 12.3 Å². The van der Waals surface area contributed by atoms with Crippen LogP contribution in [-0.4, -0.2) is 30.1 Å². The summed E-state index contributed by atoms with van der Waals surface area (Å²) in [4.78, 5) is 33.9. The van der Waals surface area contributed by atoms with Gasteiger partial charge in [-0.3, -0.25) is 14.2 Å². The lowest BCUT2D eigenvalue weighted by Crippen LogP contribution is -2.29. The van der Waals surface area contributed by atoms with Gasteiger partial charge >= 0.3 is 0 Å². The highest BCUT2D eigenvalue weighted by Gasteiger charge is 2.19. The van der Waals surface area contributed by atoms with Crippen LogP contribution in [0.25, 0.3) is 22.3 Å². The zero-order chi connectivity index (χ0) is 20.7. The first-order chi connectivity index (χ1) is 14.6. The molecule has 0 bridgehead atoms. The maximum Gasteiger partial charge on any atom is 0.263 e. The molecule has 0 fully saturated rings. The summed E-state index contributed by atoms with van der Waals surface area (Å²) >= 11 is 0. The number of hydrogen-bond donors (Lipinski definition) is 1. The van der Waals surface area contributed by atoms with E-state index in [1.165, 1.54) is 16.7 Å². The van der Waals surface area contributed by atoms with Gasteiger partial charge < -0.3 is 5.32 Å². The highest BCUT2D eigenvalue weighted by atomic mass is 19.1. The van der Waals surface area contributed by atoms with Crippen molar-refractivity contribution < 1.29 is 9.18 Å². The van der Waals surface area contributed by atoms with Crippen molar-refractivity contribution in [1.82, 2.24) is 24.1 Å². The summed E-state index contributed by atoms with van der Waals surface area (Å²) < 4.78 is 16.0. The molecule has 0 unspecified atom stereocenters. The predicted octanol–water partition coefficient (Wildman–Crippen LogP) is 2.78. The molecule has 30 heavy (non-hydrogen) atoms. The molecule has 8 nitrogen and oxygen atoms in total. The Morgan fingerprint density at radius 1 is 1.23 bits per heavy atom. The molecule has 9 heteroatoms. The number of amides is 1. The summed E-state index contributed by atoms with van der Waals surface area (Å²) in [5.41, 5.74) is 2.50. The Bertz CT molecular complexity index is 1370. The fourth-order valence-electron chi connectivity index (χ4n) is 3.69. The van der Waals surface area contributed by atoms with E-state index in [2.05, 4.69) is 26.5 Å². The summed E-state index contributed by atoms with van der Waals surface area (Å²) in [6.45, 7) is -0.240. The molecule has 0 atom stereocenters. The van der Waals surface area contributed by atoms with Crippen molar-refractivity contribution in [1.29, 1.82) is 0 Å². The first-order valence-electron chi connectivity index (χ1n) is 9.58. The van der Waals surface area contributed by atoms with E-state index in [0.29, 0.717) is 16.7 Å². The Kier molecular flexibility index (Phi) is 4.35. The molecule has 0 radical (unpaired) electrons. The van der Waals surface area contributed by atoms with Crippen LogP contribution in [0.2, 0.25) is 0 Å². The molecular formula is C21H17FN6O2. The van der Waals surface area contributed by atoms with Gasteiger partial charge in [0.1, 0.15) is 23.8 Å². The molecule has 1 amide bonds. The number of hydrogen-bond acceptors (Lipinski definition) is 5. The fourth-order valence-corrected chi connectivity index (χ4v) is 3.69. The topological polar surface area (TPSA) is 94.2 Å². The van der Waals surface area contributed by atoms with E-state index < -0.39 is 11.7 Å². The average Bonchev–Trinajstić information content (AvgIpc) is 3.43. The van der Waals surface area contributed by atoms with Crippen molar-refractivity contribution in [3.05, 3.63) is 70.7 Å². The number of pyridine rings is 2. The number of nitrogens with zero attached hydrogens (tertiary/aromatic N) is 5. The molecule has 0 saturated heterocycles. The molecule has 5 rings (SSSR count). The van der Waals surface area contributed by atoms with Crippen LogP contribution < -0.4 is 10.9 Å². The maximum absolute atomic E-state index is 13.1. The number of aromatic nitrogens is 5. The molecule has 1 aliphatic rings. The minimum Gasteiger partial charge on any atom is -0.309 e. The SMILES string of the molecule is O=C(Cn1c(=O)c2cccnc2n2nc(C3=CCCC3)cc12)Nc1ccc(F)cn1. The number of carbonyl (C=O) groups is 1. The van der Waals surface area contributed by atoms with E-state index >= 15 is 0 Å². The second-order valence-corrected chi connectivity index (χ2v) is 7.10. The van der Waals surface area contributed by atoms with E-state index in [-0.39, 0.29) is 17.9 Å². The second kappa shape index (κ2) is 7.18. The summed E-state index contributed by atoms with van der Waals surface area (Å²) in [7, 11) is 0. The van der Waals surface area contributed by atoms with E-state index in [9.17, 15) is 14.0 Å². The van der Waals surface area contributed by atoms with Crippen LogP contribution in [0.3, 0.4) is 0 Å². The van der Waals surface area contributed by atoms with Gasteiger partial charge in [0.05, 0.1) is 17.3 Å². The summed E-state index contributed by atoms with van der Waals surface area (Å²) in [5.74, 6) is -0.747. The molecule has 4 aromatic rings. The van der Waals surface area contributed by atoms with Gasteiger partial charge in [0.25, 0.3) is 5.56 Å². The number of rotatable bonds is 4. The third-order valence-corrected chi connectivity index (χ3v) is 5.10. The van der Waals surface area contributed by atoms with Gasteiger partial charge in [-0.25, -0.2) is 14.4 Å². The number of anilines is 1. The maximum atomic E-state index is 13.1. The second-order valence-electron chi connectivity index (χ2n) is 7.10. The molecule has 150 valence electrons. The van der Waals surface area contributed by atoms with Crippen LogP contribution in [0, 0.1) is 5.82 Å².